The lowest BCUT2D eigenvalue weighted by Gasteiger charge is -2.43. The number of nitrogens with two attached hydrogens (primary N) is 1. The zero-order valence-electron chi connectivity index (χ0n) is 16.3. The molecule has 2 aromatic carbocycles. The zero-order valence-corrected chi connectivity index (χ0v) is 17.3. The Morgan fingerprint density at radius 1 is 0.920 bits per heavy atom. The van der Waals surface area contributed by atoms with Gasteiger partial charge in [0.1, 0.15) is 0 Å². The lowest BCUT2D eigenvalue weighted by Crippen LogP contribution is -2.67. The minimum Gasteiger partial charge on any atom is -0.406 e. The van der Waals surface area contributed by atoms with E-state index in [9.17, 15) is 0 Å². The Morgan fingerprint density at radius 3 is 1.72 bits per heavy atom. The molecule has 2 rings (SSSR count). The van der Waals surface area contributed by atoms with Crippen LogP contribution in [-0.4, -0.2) is 21.0 Å². The Kier molecular flexibility index (Phi) is 6.61. The first-order valence-corrected chi connectivity index (χ1v) is 11.2. The molecule has 2 aromatic rings. The molecule has 2 atom stereocenters. The van der Waals surface area contributed by atoms with Crippen molar-refractivity contribution in [1.82, 2.24) is 0 Å². The minimum atomic E-state index is -2.45. The molecular formula is C22H33NOSi. The normalized spacial score (nSPS) is 15.0. The first-order chi connectivity index (χ1) is 11.8. The quantitative estimate of drug-likeness (QED) is 0.764. The highest BCUT2D eigenvalue weighted by Gasteiger charge is 2.50. The van der Waals surface area contributed by atoms with Gasteiger partial charge in [-0.2, -0.15) is 0 Å². The third-order valence-corrected chi connectivity index (χ3v) is 10.3. The van der Waals surface area contributed by atoms with Gasteiger partial charge in [-0.1, -0.05) is 102 Å². The molecule has 0 aliphatic carbocycles. The van der Waals surface area contributed by atoms with Crippen molar-refractivity contribution in [1.29, 1.82) is 0 Å². The first kappa shape index (κ1) is 19.9. The van der Waals surface area contributed by atoms with Gasteiger partial charge in [-0.25, -0.2) is 0 Å². The average molecular weight is 356 g/mol. The molecule has 0 aromatic heterocycles. The Balaban J connectivity index is 2.53. The van der Waals surface area contributed by atoms with Crippen molar-refractivity contribution in [2.24, 2.45) is 11.7 Å². The van der Waals surface area contributed by atoms with Crippen molar-refractivity contribution in [2.75, 3.05) is 6.61 Å². The molecule has 0 amide bonds. The van der Waals surface area contributed by atoms with E-state index in [4.69, 9.17) is 10.2 Å². The summed E-state index contributed by atoms with van der Waals surface area (Å²) in [7, 11) is -2.45. The van der Waals surface area contributed by atoms with Crippen LogP contribution in [0.1, 0.15) is 41.0 Å². The predicted molar refractivity (Wildman–Crippen MR) is 111 cm³/mol. The molecule has 0 spiro atoms. The Hall–Kier alpha value is -1.42. The number of hydrogen-bond acceptors (Lipinski definition) is 2. The summed E-state index contributed by atoms with van der Waals surface area (Å²) in [6.45, 7) is 11.9. The number of rotatable bonds is 7. The maximum Gasteiger partial charge on any atom is 0.261 e. The van der Waals surface area contributed by atoms with E-state index in [0.717, 1.165) is 6.42 Å². The molecule has 0 radical (unpaired) electrons. The van der Waals surface area contributed by atoms with E-state index in [-0.39, 0.29) is 11.1 Å². The molecule has 0 heterocycles. The van der Waals surface area contributed by atoms with Crippen molar-refractivity contribution < 1.29 is 4.43 Å². The highest BCUT2D eigenvalue weighted by Crippen LogP contribution is 2.36. The fourth-order valence-electron chi connectivity index (χ4n) is 3.45. The van der Waals surface area contributed by atoms with E-state index < -0.39 is 8.32 Å². The van der Waals surface area contributed by atoms with Crippen LogP contribution in [0.5, 0.6) is 0 Å². The molecule has 0 unspecified atom stereocenters. The van der Waals surface area contributed by atoms with Gasteiger partial charge in [0.2, 0.25) is 0 Å². The van der Waals surface area contributed by atoms with Crippen molar-refractivity contribution in [3.63, 3.8) is 0 Å². The van der Waals surface area contributed by atoms with Gasteiger partial charge in [-0.15, -0.1) is 0 Å². The maximum absolute atomic E-state index is 6.86. The predicted octanol–water partition coefficient (Wildman–Crippen LogP) is 3.94. The SMILES string of the molecule is CC[C@H](C)[C@H](N)CO[Si](c1ccccc1)(c1ccccc1)C(C)(C)C. The van der Waals surface area contributed by atoms with Crippen molar-refractivity contribution in [3.8, 4) is 0 Å². The summed E-state index contributed by atoms with van der Waals surface area (Å²) in [4.78, 5) is 0. The maximum atomic E-state index is 6.86. The molecule has 0 aliphatic rings. The summed E-state index contributed by atoms with van der Waals surface area (Å²) in [5.41, 5.74) is 6.43. The molecule has 2 nitrogen and oxygen atoms in total. The van der Waals surface area contributed by atoms with Crippen LogP contribution < -0.4 is 16.1 Å². The molecule has 0 saturated heterocycles. The monoisotopic (exact) mass is 355 g/mol. The van der Waals surface area contributed by atoms with E-state index in [2.05, 4.69) is 95.3 Å². The third kappa shape index (κ3) is 4.22. The van der Waals surface area contributed by atoms with Gasteiger partial charge < -0.3 is 10.2 Å². The molecule has 25 heavy (non-hydrogen) atoms. The summed E-state index contributed by atoms with van der Waals surface area (Å²) in [5.74, 6) is 0.457. The second kappa shape index (κ2) is 8.30. The summed E-state index contributed by atoms with van der Waals surface area (Å²) in [5, 5.41) is 2.63. The Labute approximate surface area is 154 Å². The van der Waals surface area contributed by atoms with Crippen molar-refractivity contribution in [3.05, 3.63) is 60.7 Å². The fraction of sp³-hybridized carbons (Fsp3) is 0.455. The van der Waals surface area contributed by atoms with E-state index >= 15 is 0 Å². The van der Waals surface area contributed by atoms with Crippen molar-refractivity contribution >= 4 is 18.7 Å². The summed E-state index contributed by atoms with van der Waals surface area (Å²) in [6, 6.07) is 21.5. The highest BCUT2D eigenvalue weighted by atomic mass is 28.4. The molecule has 136 valence electrons. The second-order valence-corrected chi connectivity index (χ2v) is 12.3. The van der Waals surface area contributed by atoms with Crippen LogP contribution in [0.25, 0.3) is 0 Å². The molecule has 0 fully saturated rings. The van der Waals surface area contributed by atoms with Crippen LogP contribution in [0.3, 0.4) is 0 Å². The second-order valence-electron chi connectivity index (χ2n) is 8.02. The summed E-state index contributed by atoms with van der Waals surface area (Å²) in [6.07, 6.45) is 1.07. The van der Waals surface area contributed by atoms with Crippen LogP contribution in [-0.2, 0) is 4.43 Å². The molecule has 2 N–H and O–H groups in total. The fourth-order valence-corrected chi connectivity index (χ4v) is 8.05. The van der Waals surface area contributed by atoms with Gasteiger partial charge >= 0.3 is 0 Å². The van der Waals surface area contributed by atoms with Gasteiger partial charge in [0.15, 0.2) is 0 Å². The Morgan fingerprint density at radius 2 is 1.36 bits per heavy atom. The van der Waals surface area contributed by atoms with E-state index in [1.54, 1.807) is 0 Å². The largest absolute Gasteiger partial charge is 0.406 e. The Bertz CT molecular complexity index is 597. The molecular weight excluding hydrogens is 322 g/mol. The lowest BCUT2D eigenvalue weighted by molar-refractivity contribution is 0.237. The summed E-state index contributed by atoms with van der Waals surface area (Å²) >= 11 is 0. The molecule has 0 saturated carbocycles. The number of benzene rings is 2. The molecule has 3 heteroatoms. The molecule has 0 bridgehead atoms. The van der Waals surface area contributed by atoms with E-state index in [1.807, 2.05) is 0 Å². The standard InChI is InChI=1S/C22H33NOSi/c1-6-18(2)21(23)17-24-25(22(3,4)5,19-13-9-7-10-14-19)20-15-11-8-12-16-20/h7-16,18,21H,6,17,23H2,1-5H3/t18-,21+/m0/s1. The van der Waals surface area contributed by atoms with Gasteiger partial charge in [-0.05, 0) is 21.3 Å². The minimum absolute atomic E-state index is 0.00484. The van der Waals surface area contributed by atoms with Crippen LogP contribution in [0.2, 0.25) is 5.04 Å². The topological polar surface area (TPSA) is 35.2 Å². The van der Waals surface area contributed by atoms with Gasteiger partial charge in [0, 0.05) is 6.04 Å². The van der Waals surface area contributed by atoms with E-state index in [0.29, 0.717) is 12.5 Å². The third-order valence-electron chi connectivity index (χ3n) is 5.28. The van der Waals surface area contributed by atoms with E-state index in [1.165, 1.54) is 10.4 Å². The van der Waals surface area contributed by atoms with Crippen molar-refractivity contribution in [2.45, 2.75) is 52.1 Å². The van der Waals surface area contributed by atoms with Crippen LogP contribution in [0.15, 0.2) is 60.7 Å². The summed E-state index contributed by atoms with van der Waals surface area (Å²) < 4.78 is 6.86. The van der Waals surface area contributed by atoms with Crippen LogP contribution >= 0.6 is 0 Å². The lowest BCUT2D eigenvalue weighted by atomic mass is 10.0. The van der Waals surface area contributed by atoms with Gasteiger partial charge in [0.25, 0.3) is 8.32 Å². The first-order valence-electron chi connectivity index (χ1n) is 9.33. The van der Waals surface area contributed by atoms with Crippen LogP contribution in [0, 0.1) is 5.92 Å². The number of hydrogen-bond donors (Lipinski definition) is 1. The van der Waals surface area contributed by atoms with Gasteiger partial charge in [0.05, 0.1) is 6.61 Å². The highest BCUT2D eigenvalue weighted by molar-refractivity contribution is 6.99. The zero-order chi connectivity index (χ0) is 18.5. The average Bonchev–Trinajstić information content (AvgIpc) is 2.62. The molecule has 0 aliphatic heterocycles. The smallest absolute Gasteiger partial charge is 0.261 e. The van der Waals surface area contributed by atoms with Gasteiger partial charge in [-0.3, -0.25) is 0 Å². The van der Waals surface area contributed by atoms with Crippen LogP contribution in [0.4, 0.5) is 0 Å².